The van der Waals surface area contributed by atoms with Crippen molar-refractivity contribution in [2.24, 2.45) is 11.7 Å². The van der Waals surface area contributed by atoms with Gasteiger partial charge in [-0.05, 0) is 32.1 Å². The standard InChI is InChI=1S/C15H28N2O.ClH/c1-12(16)10-15(18)17-9-5-8-14(17)11-13-6-3-2-4-7-13;/h12-14H,2-11,16H2,1H3;1H. The van der Waals surface area contributed by atoms with E-state index in [4.69, 9.17) is 5.73 Å². The summed E-state index contributed by atoms with van der Waals surface area (Å²) in [6.45, 7) is 2.88. The van der Waals surface area contributed by atoms with Crippen LogP contribution in [-0.4, -0.2) is 29.4 Å². The van der Waals surface area contributed by atoms with Crippen molar-refractivity contribution in [3.05, 3.63) is 0 Å². The Bertz CT molecular complexity index is 277. The maximum atomic E-state index is 12.2. The van der Waals surface area contributed by atoms with Gasteiger partial charge >= 0.3 is 0 Å². The third-order valence-electron chi connectivity index (χ3n) is 4.52. The average Bonchev–Trinajstić information content (AvgIpc) is 2.77. The number of halogens is 1. The van der Waals surface area contributed by atoms with Gasteiger partial charge in [-0.15, -0.1) is 12.4 Å². The Kier molecular flexibility index (Phi) is 7.16. The van der Waals surface area contributed by atoms with E-state index in [2.05, 4.69) is 4.90 Å². The molecule has 2 rings (SSSR count). The van der Waals surface area contributed by atoms with Crippen LogP contribution >= 0.6 is 12.4 Å². The van der Waals surface area contributed by atoms with E-state index in [9.17, 15) is 4.79 Å². The van der Waals surface area contributed by atoms with E-state index >= 15 is 0 Å². The molecule has 0 radical (unpaired) electrons. The van der Waals surface area contributed by atoms with Crippen molar-refractivity contribution in [3.8, 4) is 0 Å². The smallest absolute Gasteiger partial charge is 0.224 e. The number of hydrogen-bond acceptors (Lipinski definition) is 2. The second-order valence-corrected chi connectivity index (χ2v) is 6.30. The van der Waals surface area contributed by atoms with Crippen LogP contribution in [0.3, 0.4) is 0 Å². The Morgan fingerprint density at radius 2 is 1.89 bits per heavy atom. The Hall–Kier alpha value is -0.280. The second-order valence-electron chi connectivity index (χ2n) is 6.30. The lowest BCUT2D eigenvalue weighted by Crippen LogP contribution is -2.39. The molecule has 2 atom stereocenters. The molecule has 2 fully saturated rings. The van der Waals surface area contributed by atoms with E-state index < -0.39 is 0 Å². The van der Waals surface area contributed by atoms with Gasteiger partial charge in [-0.1, -0.05) is 32.1 Å². The van der Waals surface area contributed by atoms with Gasteiger partial charge in [0.05, 0.1) is 0 Å². The Labute approximate surface area is 123 Å². The molecule has 1 heterocycles. The molecule has 0 bridgehead atoms. The van der Waals surface area contributed by atoms with Gasteiger partial charge in [0.15, 0.2) is 0 Å². The highest BCUT2D eigenvalue weighted by atomic mass is 35.5. The molecule has 1 saturated heterocycles. The normalized spacial score (nSPS) is 26.0. The minimum Gasteiger partial charge on any atom is -0.340 e. The van der Waals surface area contributed by atoms with E-state index in [1.807, 2.05) is 6.92 Å². The van der Waals surface area contributed by atoms with Crippen LogP contribution in [-0.2, 0) is 4.79 Å². The van der Waals surface area contributed by atoms with Crippen molar-refractivity contribution in [1.29, 1.82) is 0 Å². The lowest BCUT2D eigenvalue weighted by Gasteiger charge is -2.30. The number of nitrogens with zero attached hydrogens (tertiary/aromatic N) is 1. The summed E-state index contributed by atoms with van der Waals surface area (Å²) in [5.74, 6) is 1.15. The number of nitrogens with two attached hydrogens (primary N) is 1. The number of carbonyl (C=O) groups is 1. The average molecular weight is 289 g/mol. The molecule has 1 aliphatic heterocycles. The summed E-state index contributed by atoms with van der Waals surface area (Å²) in [4.78, 5) is 14.3. The monoisotopic (exact) mass is 288 g/mol. The number of amides is 1. The summed E-state index contributed by atoms with van der Waals surface area (Å²) in [7, 11) is 0. The predicted molar refractivity (Wildman–Crippen MR) is 81.4 cm³/mol. The van der Waals surface area contributed by atoms with Gasteiger partial charge in [0, 0.05) is 25.0 Å². The van der Waals surface area contributed by atoms with Crippen LogP contribution in [0.2, 0.25) is 0 Å². The molecule has 2 N–H and O–H groups in total. The molecule has 0 aromatic heterocycles. The highest BCUT2D eigenvalue weighted by Gasteiger charge is 2.31. The van der Waals surface area contributed by atoms with Crippen LogP contribution in [0.1, 0.15) is 64.7 Å². The molecule has 2 unspecified atom stereocenters. The fourth-order valence-corrected chi connectivity index (χ4v) is 3.61. The molecule has 112 valence electrons. The summed E-state index contributed by atoms with van der Waals surface area (Å²) < 4.78 is 0. The van der Waals surface area contributed by atoms with Crippen LogP contribution in [0.4, 0.5) is 0 Å². The van der Waals surface area contributed by atoms with Crippen LogP contribution in [0.25, 0.3) is 0 Å². The molecule has 19 heavy (non-hydrogen) atoms. The first-order chi connectivity index (χ1) is 8.66. The highest BCUT2D eigenvalue weighted by Crippen LogP contribution is 2.32. The molecule has 2 aliphatic rings. The maximum absolute atomic E-state index is 12.2. The lowest BCUT2D eigenvalue weighted by atomic mass is 9.84. The van der Waals surface area contributed by atoms with Gasteiger partial charge in [0.1, 0.15) is 0 Å². The molecule has 0 spiro atoms. The SMILES string of the molecule is CC(N)CC(=O)N1CCCC1CC1CCCCC1.Cl. The first kappa shape index (κ1) is 16.8. The van der Waals surface area contributed by atoms with Gasteiger partial charge in [0.2, 0.25) is 5.91 Å². The minimum absolute atomic E-state index is 0. The summed E-state index contributed by atoms with van der Waals surface area (Å²) in [5, 5.41) is 0. The number of carbonyl (C=O) groups excluding carboxylic acids is 1. The Morgan fingerprint density at radius 1 is 1.21 bits per heavy atom. The molecule has 1 amide bonds. The number of rotatable bonds is 4. The van der Waals surface area contributed by atoms with Crippen molar-refractivity contribution in [3.63, 3.8) is 0 Å². The summed E-state index contributed by atoms with van der Waals surface area (Å²) in [6.07, 6.45) is 11.1. The van der Waals surface area contributed by atoms with Gasteiger partial charge < -0.3 is 10.6 Å². The predicted octanol–water partition coefficient (Wildman–Crippen LogP) is 3.11. The quantitative estimate of drug-likeness (QED) is 0.864. The lowest BCUT2D eigenvalue weighted by molar-refractivity contribution is -0.132. The number of hydrogen-bond donors (Lipinski definition) is 1. The van der Waals surface area contributed by atoms with E-state index in [-0.39, 0.29) is 24.4 Å². The van der Waals surface area contributed by atoms with Crippen LogP contribution in [0.5, 0.6) is 0 Å². The summed E-state index contributed by atoms with van der Waals surface area (Å²) in [5.41, 5.74) is 5.74. The summed E-state index contributed by atoms with van der Waals surface area (Å²) in [6, 6.07) is 0.507. The van der Waals surface area contributed by atoms with E-state index in [1.165, 1.54) is 51.4 Å². The van der Waals surface area contributed by atoms with Crippen molar-refractivity contribution in [1.82, 2.24) is 4.90 Å². The fourth-order valence-electron chi connectivity index (χ4n) is 3.61. The third-order valence-corrected chi connectivity index (χ3v) is 4.52. The maximum Gasteiger partial charge on any atom is 0.224 e. The molecule has 0 aromatic carbocycles. The van der Waals surface area contributed by atoms with Crippen LogP contribution in [0, 0.1) is 5.92 Å². The Morgan fingerprint density at radius 3 is 2.53 bits per heavy atom. The van der Waals surface area contributed by atoms with Gasteiger partial charge in [-0.3, -0.25) is 4.79 Å². The van der Waals surface area contributed by atoms with Crippen LogP contribution in [0.15, 0.2) is 0 Å². The van der Waals surface area contributed by atoms with Crippen molar-refractivity contribution in [2.45, 2.75) is 76.8 Å². The first-order valence-corrected chi connectivity index (χ1v) is 7.72. The fraction of sp³-hybridized carbons (Fsp3) is 0.933. The third kappa shape index (κ3) is 4.96. The molecule has 4 heteroatoms. The van der Waals surface area contributed by atoms with Crippen molar-refractivity contribution in [2.75, 3.05) is 6.54 Å². The molecular formula is C15H29ClN2O. The van der Waals surface area contributed by atoms with E-state index in [1.54, 1.807) is 0 Å². The largest absolute Gasteiger partial charge is 0.340 e. The second kappa shape index (κ2) is 8.11. The molecule has 1 saturated carbocycles. The summed E-state index contributed by atoms with van der Waals surface area (Å²) >= 11 is 0. The molecule has 3 nitrogen and oxygen atoms in total. The van der Waals surface area contributed by atoms with Gasteiger partial charge in [-0.2, -0.15) is 0 Å². The molecule has 1 aliphatic carbocycles. The Balaban J connectivity index is 0.00000180. The van der Waals surface area contributed by atoms with Crippen molar-refractivity contribution >= 4 is 18.3 Å². The van der Waals surface area contributed by atoms with Crippen molar-refractivity contribution < 1.29 is 4.79 Å². The zero-order chi connectivity index (χ0) is 13.0. The topological polar surface area (TPSA) is 46.3 Å². The van der Waals surface area contributed by atoms with Gasteiger partial charge in [0.25, 0.3) is 0 Å². The highest BCUT2D eigenvalue weighted by molar-refractivity contribution is 5.85. The molecule has 0 aromatic rings. The van der Waals surface area contributed by atoms with Gasteiger partial charge in [-0.25, -0.2) is 0 Å². The van der Waals surface area contributed by atoms with Crippen LogP contribution < -0.4 is 5.73 Å². The number of likely N-dealkylation sites (tertiary alicyclic amines) is 1. The van der Waals surface area contributed by atoms with E-state index in [0.717, 1.165) is 12.5 Å². The first-order valence-electron chi connectivity index (χ1n) is 7.72. The zero-order valence-electron chi connectivity index (χ0n) is 12.1. The zero-order valence-corrected chi connectivity index (χ0v) is 13.0. The minimum atomic E-state index is -0.00608. The molecular weight excluding hydrogens is 260 g/mol. The van der Waals surface area contributed by atoms with E-state index in [0.29, 0.717) is 12.5 Å².